The van der Waals surface area contributed by atoms with Crippen LogP contribution in [0.4, 0.5) is 0 Å². The van der Waals surface area contributed by atoms with E-state index in [4.69, 9.17) is 14.2 Å². The molecule has 1 aromatic heterocycles. The highest BCUT2D eigenvalue weighted by Gasteiger charge is 2.44. The number of aromatic amines is 1. The molecule has 8 nitrogen and oxygen atoms in total. The summed E-state index contributed by atoms with van der Waals surface area (Å²) >= 11 is 0. The molecule has 1 N–H and O–H groups in total. The summed E-state index contributed by atoms with van der Waals surface area (Å²) in [6.07, 6.45) is 11.8. The van der Waals surface area contributed by atoms with Crippen molar-refractivity contribution in [2.24, 2.45) is 0 Å². The molecule has 168 valence electrons. The summed E-state index contributed by atoms with van der Waals surface area (Å²) in [4.78, 5) is 38.3. The minimum Gasteiger partial charge on any atom is -0.461 e. The van der Waals surface area contributed by atoms with Crippen molar-refractivity contribution in [3.8, 4) is 0 Å². The molecule has 0 amide bonds. The minimum atomic E-state index is -0.825. The van der Waals surface area contributed by atoms with Crippen LogP contribution < -0.4 is 11.2 Å². The lowest BCUT2D eigenvalue weighted by molar-refractivity contribution is -0.191. The number of ether oxygens (including phenoxy) is 3. The van der Waals surface area contributed by atoms with Gasteiger partial charge in [0.25, 0.3) is 5.56 Å². The zero-order valence-corrected chi connectivity index (χ0v) is 17.9. The molecular formula is C22H34N2O6. The molecule has 0 aromatic carbocycles. The van der Waals surface area contributed by atoms with Gasteiger partial charge in [0.2, 0.25) is 0 Å². The Hall–Kier alpha value is -1.93. The van der Waals surface area contributed by atoms with Gasteiger partial charge in [-0.15, -0.1) is 0 Å². The average Bonchev–Trinajstić information content (AvgIpc) is 2.76. The molecule has 0 saturated heterocycles. The Kier molecular flexibility index (Phi) is 8.27. The van der Waals surface area contributed by atoms with Crippen molar-refractivity contribution < 1.29 is 19.0 Å². The van der Waals surface area contributed by atoms with E-state index in [-0.39, 0.29) is 24.8 Å². The summed E-state index contributed by atoms with van der Waals surface area (Å²) < 4.78 is 19.0. The van der Waals surface area contributed by atoms with Crippen molar-refractivity contribution in [2.45, 2.75) is 95.0 Å². The highest BCUT2D eigenvalue weighted by Crippen LogP contribution is 2.36. The lowest BCUT2D eigenvalue weighted by Gasteiger charge is -2.39. The van der Waals surface area contributed by atoms with Crippen molar-refractivity contribution in [3.05, 3.63) is 33.1 Å². The first kappa shape index (κ1) is 22.7. The number of hydrogen-bond acceptors (Lipinski definition) is 6. The van der Waals surface area contributed by atoms with Crippen LogP contribution in [0.3, 0.4) is 0 Å². The van der Waals surface area contributed by atoms with E-state index in [0.717, 1.165) is 44.9 Å². The maximum Gasteiger partial charge on any atom is 0.338 e. The van der Waals surface area contributed by atoms with Gasteiger partial charge in [-0.25, -0.2) is 9.59 Å². The smallest absolute Gasteiger partial charge is 0.338 e. The predicted octanol–water partition coefficient (Wildman–Crippen LogP) is 2.54. The fraction of sp³-hybridized carbons (Fsp3) is 0.773. The SMILES string of the molecule is COC(CCn1ccc(=O)[nH]c1=O)COC(=O)C1(OC2CCCCC2)CCCCC1. The Morgan fingerprint density at radius 3 is 2.53 bits per heavy atom. The van der Waals surface area contributed by atoms with Crippen LogP contribution in [-0.2, 0) is 25.5 Å². The van der Waals surface area contributed by atoms with Crippen LogP contribution >= 0.6 is 0 Å². The van der Waals surface area contributed by atoms with E-state index in [2.05, 4.69) is 4.98 Å². The molecule has 1 unspecified atom stereocenters. The molecule has 2 aliphatic carbocycles. The Morgan fingerprint density at radius 1 is 1.17 bits per heavy atom. The molecule has 3 rings (SSSR count). The molecule has 2 aliphatic rings. The predicted molar refractivity (Wildman–Crippen MR) is 111 cm³/mol. The Bertz CT molecular complexity index is 789. The van der Waals surface area contributed by atoms with E-state index < -0.39 is 16.9 Å². The van der Waals surface area contributed by atoms with Crippen LogP contribution in [0.5, 0.6) is 0 Å². The Morgan fingerprint density at radius 2 is 1.87 bits per heavy atom. The number of nitrogens with one attached hydrogen (secondary N) is 1. The second-order valence-corrected chi connectivity index (χ2v) is 8.48. The molecule has 2 fully saturated rings. The van der Waals surface area contributed by atoms with Gasteiger partial charge in [0.15, 0.2) is 5.60 Å². The van der Waals surface area contributed by atoms with Gasteiger partial charge in [0.1, 0.15) is 6.61 Å². The molecule has 1 heterocycles. The maximum atomic E-state index is 13.1. The molecule has 1 atom stereocenters. The Balaban J connectivity index is 1.55. The van der Waals surface area contributed by atoms with Gasteiger partial charge in [-0.05, 0) is 44.9 Å². The van der Waals surface area contributed by atoms with Gasteiger partial charge in [-0.2, -0.15) is 0 Å². The summed E-state index contributed by atoms with van der Waals surface area (Å²) in [6.45, 7) is 0.471. The van der Waals surface area contributed by atoms with E-state index in [1.54, 1.807) is 7.11 Å². The average molecular weight is 423 g/mol. The van der Waals surface area contributed by atoms with Crippen LogP contribution in [0, 0.1) is 0 Å². The first-order valence-electron chi connectivity index (χ1n) is 11.2. The number of aromatic nitrogens is 2. The lowest BCUT2D eigenvalue weighted by atomic mass is 9.83. The van der Waals surface area contributed by atoms with Crippen LogP contribution in [0.2, 0.25) is 0 Å². The van der Waals surface area contributed by atoms with Crippen molar-refractivity contribution in [1.29, 1.82) is 0 Å². The van der Waals surface area contributed by atoms with Crippen LogP contribution in [0.15, 0.2) is 21.9 Å². The van der Waals surface area contributed by atoms with Crippen LogP contribution in [0.25, 0.3) is 0 Å². The molecule has 30 heavy (non-hydrogen) atoms. The number of nitrogens with zero attached hydrogens (tertiary/aromatic N) is 1. The van der Waals surface area contributed by atoms with E-state index in [1.165, 1.54) is 23.3 Å². The third-order valence-corrected chi connectivity index (χ3v) is 6.30. The standard InChI is InChI=1S/C22H34N2O6/c1-28-18(10-14-24-15-11-19(25)23-21(24)27)16-29-20(26)22(12-6-3-7-13-22)30-17-8-4-2-5-9-17/h11,15,17-18H,2-10,12-14,16H2,1H3,(H,23,25,27). The van der Waals surface area contributed by atoms with Crippen molar-refractivity contribution in [3.63, 3.8) is 0 Å². The highest BCUT2D eigenvalue weighted by atomic mass is 16.6. The van der Waals surface area contributed by atoms with Crippen LogP contribution in [-0.4, -0.2) is 47.0 Å². The first-order chi connectivity index (χ1) is 14.5. The number of carbonyl (C=O) groups is 1. The lowest BCUT2D eigenvalue weighted by Crippen LogP contribution is -2.48. The summed E-state index contributed by atoms with van der Waals surface area (Å²) in [5.41, 5.74) is -1.71. The summed E-state index contributed by atoms with van der Waals surface area (Å²) in [5.74, 6) is -0.281. The van der Waals surface area contributed by atoms with E-state index in [9.17, 15) is 14.4 Å². The minimum absolute atomic E-state index is 0.114. The molecule has 0 aliphatic heterocycles. The van der Waals surface area contributed by atoms with E-state index in [0.29, 0.717) is 25.8 Å². The summed E-state index contributed by atoms with van der Waals surface area (Å²) in [7, 11) is 1.56. The largest absolute Gasteiger partial charge is 0.461 e. The van der Waals surface area contributed by atoms with Gasteiger partial charge >= 0.3 is 11.7 Å². The number of hydrogen-bond donors (Lipinski definition) is 1. The number of carbonyl (C=O) groups excluding carboxylic acids is 1. The van der Waals surface area contributed by atoms with Gasteiger partial charge in [-0.3, -0.25) is 9.78 Å². The summed E-state index contributed by atoms with van der Waals surface area (Å²) in [6, 6.07) is 1.30. The molecule has 8 heteroatoms. The zero-order chi connectivity index (χ0) is 21.4. The Labute approximate surface area is 176 Å². The number of methoxy groups -OCH3 is 1. The second kappa shape index (κ2) is 10.9. The topological polar surface area (TPSA) is 99.6 Å². The molecule has 0 radical (unpaired) electrons. The first-order valence-corrected chi connectivity index (χ1v) is 11.2. The fourth-order valence-electron chi connectivity index (χ4n) is 4.47. The van der Waals surface area contributed by atoms with Gasteiger partial charge in [-0.1, -0.05) is 25.7 Å². The number of esters is 1. The maximum absolute atomic E-state index is 13.1. The summed E-state index contributed by atoms with van der Waals surface area (Å²) in [5, 5.41) is 0. The van der Waals surface area contributed by atoms with Gasteiger partial charge < -0.3 is 18.8 Å². The number of aryl methyl sites for hydroxylation is 1. The number of H-pyrrole nitrogens is 1. The molecule has 0 bridgehead atoms. The monoisotopic (exact) mass is 422 g/mol. The molecule has 2 saturated carbocycles. The highest BCUT2D eigenvalue weighted by molar-refractivity contribution is 5.79. The van der Waals surface area contributed by atoms with Crippen molar-refractivity contribution in [1.82, 2.24) is 9.55 Å². The normalized spacial score (nSPS) is 20.6. The molecular weight excluding hydrogens is 388 g/mol. The molecule has 0 spiro atoms. The third-order valence-electron chi connectivity index (χ3n) is 6.30. The zero-order valence-electron chi connectivity index (χ0n) is 17.9. The number of rotatable bonds is 9. The molecule has 1 aromatic rings. The van der Waals surface area contributed by atoms with Crippen molar-refractivity contribution >= 4 is 5.97 Å². The van der Waals surface area contributed by atoms with Gasteiger partial charge in [0, 0.05) is 25.9 Å². The fourth-order valence-corrected chi connectivity index (χ4v) is 4.47. The van der Waals surface area contributed by atoms with Crippen LogP contribution in [0.1, 0.15) is 70.6 Å². The van der Waals surface area contributed by atoms with E-state index in [1.807, 2.05) is 0 Å². The van der Waals surface area contributed by atoms with E-state index >= 15 is 0 Å². The quantitative estimate of drug-likeness (QED) is 0.614. The third kappa shape index (κ3) is 6.04. The van der Waals surface area contributed by atoms with Gasteiger partial charge in [0.05, 0.1) is 12.2 Å². The second-order valence-electron chi connectivity index (χ2n) is 8.48. The van der Waals surface area contributed by atoms with Crippen molar-refractivity contribution in [2.75, 3.05) is 13.7 Å².